The number of carbonyl (C=O) groups excluding carboxylic acids is 1. The van der Waals surface area contributed by atoms with Gasteiger partial charge in [-0.15, -0.1) is 0 Å². The minimum absolute atomic E-state index is 0.140. The smallest absolute Gasteiger partial charge is 0.264 e. The zero-order chi connectivity index (χ0) is 21.9. The molecule has 30 heavy (non-hydrogen) atoms. The molecule has 0 bridgehead atoms. The van der Waals surface area contributed by atoms with Gasteiger partial charge in [-0.1, -0.05) is 48.0 Å². The van der Waals surface area contributed by atoms with Crippen LogP contribution in [-0.2, 0) is 10.0 Å². The molecule has 3 rings (SSSR count). The average molecular weight is 423 g/mol. The second-order valence-electron chi connectivity index (χ2n) is 7.39. The Morgan fingerprint density at radius 2 is 1.57 bits per heavy atom. The predicted octanol–water partition coefficient (Wildman–Crippen LogP) is 4.62. The Hall–Kier alpha value is -3.12. The molecule has 1 N–H and O–H groups in total. The number of amides is 1. The molecule has 0 aliphatic carbocycles. The van der Waals surface area contributed by atoms with Crippen molar-refractivity contribution in [3.05, 3.63) is 95.1 Å². The lowest BCUT2D eigenvalue weighted by molar-refractivity contribution is 0.0940. The van der Waals surface area contributed by atoms with Crippen molar-refractivity contribution in [2.45, 2.75) is 31.7 Å². The molecule has 5 nitrogen and oxygen atoms in total. The van der Waals surface area contributed by atoms with Gasteiger partial charge >= 0.3 is 0 Å². The van der Waals surface area contributed by atoms with Crippen LogP contribution in [0.4, 0.5) is 5.69 Å². The zero-order valence-corrected chi connectivity index (χ0v) is 18.4. The van der Waals surface area contributed by atoms with Gasteiger partial charge in [0, 0.05) is 12.6 Å². The van der Waals surface area contributed by atoms with Gasteiger partial charge in [0.05, 0.1) is 16.6 Å². The van der Waals surface area contributed by atoms with Crippen LogP contribution in [0.5, 0.6) is 0 Å². The predicted molar refractivity (Wildman–Crippen MR) is 120 cm³/mol. The van der Waals surface area contributed by atoms with Crippen LogP contribution < -0.4 is 9.62 Å². The Balaban J connectivity index is 1.79. The van der Waals surface area contributed by atoms with Gasteiger partial charge in [-0.2, -0.15) is 0 Å². The fraction of sp³-hybridized carbons (Fsp3) is 0.208. The molecule has 0 aromatic heterocycles. The Kier molecular flexibility index (Phi) is 6.27. The third-order valence-corrected chi connectivity index (χ3v) is 6.91. The molecule has 3 aromatic rings. The second-order valence-corrected chi connectivity index (χ2v) is 9.36. The maximum Gasteiger partial charge on any atom is 0.264 e. The lowest BCUT2D eigenvalue weighted by atomic mass is 10.1. The van der Waals surface area contributed by atoms with Crippen molar-refractivity contribution in [3.8, 4) is 0 Å². The Morgan fingerprint density at radius 1 is 0.933 bits per heavy atom. The van der Waals surface area contributed by atoms with Gasteiger partial charge in [0.1, 0.15) is 0 Å². The van der Waals surface area contributed by atoms with Crippen molar-refractivity contribution >= 4 is 21.6 Å². The fourth-order valence-electron chi connectivity index (χ4n) is 3.25. The number of benzene rings is 3. The van der Waals surface area contributed by atoms with Crippen molar-refractivity contribution in [2.24, 2.45) is 0 Å². The van der Waals surface area contributed by atoms with E-state index in [4.69, 9.17) is 0 Å². The molecule has 0 heterocycles. The third kappa shape index (κ3) is 4.54. The van der Waals surface area contributed by atoms with Crippen LogP contribution in [0.25, 0.3) is 0 Å². The van der Waals surface area contributed by atoms with Crippen LogP contribution in [0.1, 0.15) is 40.0 Å². The van der Waals surface area contributed by atoms with E-state index >= 15 is 0 Å². The number of nitrogens with one attached hydrogen (secondary N) is 1. The van der Waals surface area contributed by atoms with E-state index in [1.165, 1.54) is 11.4 Å². The number of sulfonamides is 1. The fourth-order valence-corrected chi connectivity index (χ4v) is 4.53. The van der Waals surface area contributed by atoms with Gasteiger partial charge < -0.3 is 5.32 Å². The van der Waals surface area contributed by atoms with Gasteiger partial charge in [-0.25, -0.2) is 8.42 Å². The first kappa shape index (κ1) is 21.6. The van der Waals surface area contributed by atoms with Crippen molar-refractivity contribution in [2.75, 3.05) is 11.4 Å². The molecular formula is C24H26N2O3S. The van der Waals surface area contributed by atoms with Crippen LogP contribution in [0.2, 0.25) is 0 Å². The molecule has 1 atom stereocenters. The molecule has 3 aromatic carbocycles. The summed E-state index contributed by atoms with van der Waals surface area (Å²) in [6.45, 7) is 5.75. The second kappa shape index (κ2) is 8.71. The van der Waals surface area contributed by atoms with E-state index in [2.05, 4.69) is 5.32 Å². The Bertz CT molecular complexity index is 1140. The zero-order valence-electron chi connectivity index (χ0n) is 17.6. The first-order chi connectivity index (χ1) is 14.2. The van der Waals surface area contributed by atoms with Crippen molar-refractivity contribution in [1.82, 2.24) is 5.32 Å². The monoisotopic (exact) mass is 422 g/mol. The SMILES string of the molecule is Cc1ccc([C@@H](C)NC(=O)c2ccc(N(C)S(=O)(=O)c3ccccc3)c(C)c2)cc1. The van der Waals surface area contributed by atoms with Gasteiger partial charge in [-0.3, -0.25) is 9.10 Å². The average Bonchev–Trinajstić information content (AvgIpc) is 2.74. The van der Waals surface area contributed by atoms with E-state index in [1.807, 2.05) is 38.1 Å². The number of rotatable bonds is 6. The van der Waals surface area contributed by atoms with Crippen molar-refractivity contribution in [1.29, 1.82) is 0 Å². The lowest BCUT2D eigenvalue weighted by Crippen LogP contribution is -2.28. The van der Waals surface area contributed by atoms with Crippen LogP contribution in [0.3, 0.4) is 0 Å². The van der Waals surface area contributed by atoms with E-state index < -0.39 is 10.0 Å². The largest absolute Gasteiger partial charge is 0.346 e. The molecule has 0 aliphatic rings. The maximum absolute atomic E-state index is 12.9. The molecule has 1 amide bonds. The highest BCUT2D eigenvalue weighted by Crippen LogP contribution is 2.26. The van der Waals surface area contributed by atoms with Crippen LogP contribution in [0, 0.1) is 13.8 Å². The van der Waals surface area contributed by atoms with E-state index in [-0.39, 0.29) is 16.8 Å². The number of aryl methyl sites for hydroxylation is 2. The molecule has 0 spiro atoms. The van der Waals surface area contributed by atoms with Crippen LogP contribution in [-0.4, -0.2) is 21.4 Å². The molecule has 156 valence electrons. The summed E-state index contributed by atoms with van der Waals surface area (Å²) in [6.07, 6.45) is 0. The number of nitrogens with zero attached hydrogens (tertiary/aromatic N) is 1. The van der Waals surface area contributed by atoms with Crippen LogP contribution >= 0.6 is 0 Å². The normalized spacial score (nSPS) is 12.3. The van der Waals surface area contributed by atoms with E-state index in [0.29, 0.717) is 16.8 Å². The van der Waals surface area contributed by atoms with E-state index in [9.17, 15) is 13.2 Å². The highest BCUT2D eigenvalue weighted by Gasteiger charge is 2.23. The van der Waals surface area contributed by atoms with E-state index in [0.717, 1.165) is 11.1 Å². The summed E-state index contributed by atoms with van der Waals surface area (Å²) in [6, 6.07) is 21.2. The minimum Gasteiger partial charge on any atom is -0.346 e. The summed E-state index contributed by atoms with van der Waals surface area (Å²) < 4.78 is 27.0. The first-order valence-electron chi connectivity index (χ1n) is 9.72. The quantitative estimate of drug-likeness (QED) is 0.630. The topological polar surface area (TPSA) is 66.5 Å². The van der Waals surface area contributed by atoms with Gasteiger partial charge in [0.2, 0.25) is 0 Å². The minimum atomic E-state index is -3.67. The van der Waals surface area contributed by atoms with Crippen LogP contribution in [0.15, 0.2) is 77.7 Å². The molecular weight excluding hydrogens is 396 g/mol. The first-order valence-corrected chi connectivity index (χ1v) is 11.2. The van der Waals surface area contributed by atoms with Gasteiger partial charge in [0.25, 0.3) is 15.9 Å². The summed E-state index contributed by atoms with van der Waals surface area (Å²) in [5.74, 6) is -0.203. The number of hydrogen-bond donors (Lipinski definition) is 1. The summed E-state index contributed by atoms with van der Waals surface area (Å²) in [7, 11) is -2.16. The molecule has 6 heteroatoms. The standard InChI is InChI=1S/C24H26N2O3S/c1-17-10-12-20(13-11-17)19(3)25-24(27)21-14-15-23(18(2)16-21)26(4)30(28,29)22-8-6-5-7-9-22/h5-16,19H,1-4H3,(H,25,27)/t19-/m1/s1. The summed E-state index contributed by atoms with van der Waals surface area (Å²) >= 11 is 0. The third-order valence-electron chi connectivity index (χ3n) is 5.12. The Labute approximate surface area is 178 Å². The summed E-state index contributed by atoms with van der Waals surface area (Å²) in [5, 5.41) is 2.99. The number of anilines is 1. The Morgan fingerprint density at radius 3 is 2.17 bits per heavy atom. The van der Waals surface area contributed by atoms with Gasteiger partial charge in [-0.05, 0) is 62.2 Å². The molecule has 0 saturated carbocycles. The summed E-state index contributed by atoms with van der Waals surface area (Å²) in [4.78, 5) is 12.9. The highest BCUT2D eigenvalue weighted by atomic mass is 32.2. The molecule has 0 unspecified atom stereocenters. The highest BCUT2D eigenvalue weighted by molar-refractivity contribution is 7.92. The molecule has 0 saturated heterocycles. The molecule has 0 fully saturated rings. The number of hydrogen-bond acceptors (Lipinski definition) is 3. The van der Waals surface area contributed by atoms with E-state index in [1.54, 1.807) is 55.5 Å². The van der Waals surface area contributed by atoms with Gasteiger partial charge in [0.15, 0.2) is 0 Å². The van der Waals surface area contributed by atoms with Crippen molar-refractivity contribution in [3.63, 3.8) is 0 Å². The number of carbonyl (C=O) groups is 1. The van der Waals surface area contributed by atoms with Crippen molar-refractivity contribution < 1.29 is 13.2 Å². The molecule has 0 radical (unpaired) electrons. The molecule has 0 aliphatic heterocycles. The maximum atomic E-state index is 12.9. The summed E-state index contributed by atoms with van der Waals surface area (Å²) in [5.41, 5.74) is 3.91. The lowest BCUT2D eigenvalue weighted by Gasteiger charge is -2.22.